The van der Waals surface area contributed by atoms with Crippen LogP contribution in [0.2, 0.25) is 5.02 Å². The number of benzene rings is 2. The maximum Gasteiger partial charge on any atom is 0.295 e. The van der Waals surface area contributed by atoms with Gasteiger partial charge in [-0.2, -0.15) is 0 Å². The van der Waals surface area contributed by atoms with Crippen LogP contribution in [-0.4, -0.2) is 33.3 Å². The first kappa shape index (κ1) is 20.3. The van der Waals surface area contributed by atoms with E-state index in [0.717, 1.165) is 23.3 Å². The Labute approximate surface area is 189 Å². The maximum atomic E-state index is 13.1. The topological polar surface area (TPSA) is 79.7 Å². The van der Waals surface area contributed by atoms with E-state index < -0.39 is 17.7 Å². The standard InChI is InChI=1S/C25H19ClN2O4/c26-19-4-1-16(2-5-19)22-21(23(29)18-3-6-20-17(13-18)9-12-32-20)24(30)25(31)28(22)14-15-7-10-27-11-8-15/h1-8,10-11,13,22,29H,9,12,14H2/b23-21-. The lowest BCUT2D eigenvalue weighted by atomic mass is 9.94. The number of halogens is 1. The van der Waals surface area contributed by atoms with Crippen molar-refractivity contribution in [1.82, 2.24) is 9.88 Å². The molecule has 3 aromatic rings. The first-order chi connectivity index (χ1) is 15.5. The molecule has 1 amide bonds. The lowest BCUT2D eigenvalue weighted by molar-refractivity contribution is -0.140. The van der Waals surface area contributed by atoms with Gasteiger partial charge in [0, 0.05) is 35.9 Å². The number of nitrogens with zero attached hydrogens (tertiary/aromatic N) is 2. The molecule has 2 aliphatic heterocycles. The van der Waals surface area contributed by atoms with Gasteiger partial charge in [-0.3, -0.25) is 14.6 Å². The zero-order valence-electron chi connectivity index (χ0n) is 17.0. The van der Waals surface area contributed by atoms with Crippen molar-refractivity contribution in [3.05, 3.63) is 99.8 Å². The van der Waals surface area contributed by atoms with Gasteiger partial charge in [0.25, 0.3) is 11.7 Å². The van der Waals surface area contributed by atoms with Gasteiger partial charge in [-0.05, 0) is 59.2 Å². The molecule has 1 N–H and O–H groups in total. The third-order valence-electron chi connectivity index (χ3n) is 5.79. The van der Waals surface area contributed by atoms with E-state index in [9.17, 15) is 14.7 Å². The number of carbonyl (C=O) groups excluding carboxylic acids is 2. The number of rotatable bonds is 4. The summed E-state index contributed by atoms with van der Waals surface area (Å²) in [6.07, 6.45) is 4.00. The summed E-state index contributed by atoms with van der Waals surface area (Å²) in [4.78, 5) is 31.7. The summed E-state index contributed by atoms with van der Waals surface area (Å²) in [6.45, 7) is 0.788. The second-order valence-electron chi connectivity index (χ2n) is 7.75. The van der Waals surface area contributed by atoms with Crippen molar-refractivity contribution in [2.24, 2.45) is 0 Å². The minimum absolute atomic E-state index is 0.0604. The van der Waals surface area contributed by atoms with Crippen molar-refractivity contribution in [3.8, 4) is 5.75 Å². The number of ketones is 1. The molecule has 160 valence electrons. The molecule has 0 bridgehead atoms. The van der Waals surface area contributed by atoms with Crippen LogP contribution in [0.5, 0.6) is 5.75 Å². The first-order valence-corrected chi connectivity index (χ1v) is 10.6. The summed E-state index contributed by atoms with van der Waals surface area (Å²) in [7, 11) is 0. The van der Waals surface area contributed by atoms with E-state index in [2.05, 4.69) is 4.98 Å². The molecule has 1 atom stereocenters. The number of aliphatic hydroxyl groups excluding tert-OH is 1. The molecule has 0 radical (unpaired) electrons. The molecule has 2 aromatic carbocycles. The number of hydrogen-bond donors (Lipinski definition) is 1. The van der Waals surface area contributed by atoms with Gasteiger partial charge in [0.15, 0.2) is 0 Å². The van der Waals surface area contributed by atoms with Gasteiger partial charge in [-0.1, -0.05) is 23.7 Å². The second kappa shape index (κ2) is 8.13. The monoisotopic (exact) mass is 446 g/mol. The third kappa shape index (κ3) is 3.52. The summed E-state index contributed by atoms with van der Waals surface area (Å²) in [5.41, 5.74) is 3.02. The minimum Gasteiger partial charge on any atom is -0.507 e. The Balaban J connectivity index is 1.64. The molecule has 2 aliphatic rings. The first-order valence-electron chi connectivity index (χ1n) is 10.2. The molecule has 0 spiro atoms. The molecule has 1 unspecified atom stereocenters. The van der Waals surface area contributed by atoms with Gasteiger partial charge in [-0.25, -0.2) is 0 Å². The molecule has 32 heavy (non-hydrogen) atoms. The van der Waals surface area contributed by atoms with Crippen molar-refractivity contribution < 1.29 is 19.4 Å². The Hall–Kier alpha value is -3.64. The van der Waals surface area contributed by atoms with Crippen LogP contribution in [0.3, 0.4) is 0 Å². The minimum atomic E-state index is -0.745. The largest absolute Gasteiger partial charge is 0.507 e. The van der Waals surface area contributed by atoms with Crippen molar-refractivity contribution in [2.45, 2.75) is 19.0 Å². The number of carbonyl (C=O) groups is 2. The SMILES string of the molecule is O=C1C(=O)N(Cc2ccncc2)C(c2ccc(Cl)cc2)/C1=C(/O)c1ccc2c(c1)CCO2. The highest BCUT2D eigenvalue weighted by atomic mass is 35.5. The van der Waals surface area contributed by atoms with Crippen LogP contribution in [0.1, 0.15) is 28.3 Å². The molecule has 3 heterocycles. The number of hydrogen-bond acceptors (Lipinski definition) is 5. The Morgan fingerprint density at radius 2 is 1.84 bits per heavy atom. The zero-order valence-corrected chi connectivity index (χ0v) is 17.7. The zero-order chi connectivity index (χ0) is 22.2. The quantitative estimate of drug-likeness (QED) is 0.367. The van der Waals surface area contributed by atoms with Gasteiger partial charge in [0.05, 0.1) is 18.2 Å². The number of Topliss-reactive ketones (excluding diaryl/α,β-unsaturated/α-hetero) is 1. The van der Waals surface area contributed by atoms with Crippen LogP contribution in [0, 0.1) is 0 Å². The van der Waals surface area contributed by atoms with Crippen LogP contribution < -0.4 is 4.74 Å². The molecule has 1 saturated heterocycles. The molecule has 1 aromatic heterocycles. The summed E-state index contributed by atoms with van der Waals surface area (Å²) in [5, 5.41) is 11.8. The normalized spacial score (nSPS) is 19.2. The number of ether oxygens (including phenoxy) is 1. The number of likely N-dealkylation sites (tertiary alicyclic amines) is 1. The fourth-order valence-corrected chi connectivity index (χ4v) is 4.33. The molecule has 7 heteroatoms. The van der Waals surface area contributed by atoms with E-state index in [0.29, 0.717) is 22.8 Å². The van der Waals surface area contributed by atoms with Gasteiger partial charge in [-0.15, -0.1) is 0 Å². The molecular formula is C25H19ClN2O4. The molecule has 6 nitrogen and oxygen atoms in total. The third-order valence-corrected chi connectivity index (χ3v) is 6.04. The van der Waals surface area contributed by atoms with E-state index >= 15 is 0 Å². The molecular weight excluding hydrogens is 428 g/mol. The summed E-state index contributed by atoms with van der Waals surface area (Å²) >= 11 is 6.06. The maximum absolute atomic E-state index is 13.1. The number of aliphatic hydroxyl groups is 1. The predicted molar refractivity (Wildman–Crippen MR) is 119 cm³/mol. The summed E-state index contributed by atoms with van der Waals surface area (Å²) < 4.78 is 5.54. The van der Waals surface area contributed by atoms with Gasteiger partial charge < -0.3 is 14.7 Å². The number of amides is 1. The van der Waals surface area contributed by atoms with Crippen molar-refractivity contribution in [3.63, 3.8) is 0 Å². The average Bonchev–Trinajstić information content (AvgIpc) is 3.38. The van der Waals surface area contributed by atoms with Crippen LogP contribution in [0.4, 0.5) is 0 Å². The van der Waals surface area contributed by atoms with E-state index in [1.54, 1.807) is 60.9 Å². The fraction of sp³-hybridized carbons (Fsp3) is 0.160. The molecule has 0 aliphatic carbocycles. The van der Waals surface area contributed by atoms with E-state index in [4.69, 9.17) is 16.3 Å². The van der Waals surface area contributed by atoms with E-state index in [-0.39, 0.29) is 17.9 Å². The van der Waals surface area contributed by atoms with Crippen LogP contribution in [-0.2, 0) is 22.6 Å². The predicted octanol–water partition coefficient (Wildman–Crippen LogP) is 4.29. The van der Waals surface area contributed by atoms with Crippen molar-refractivity contribution in [1.29, 1.82) is 0 Å². The Kier molecular flexibility index (Phi) is 5.15. The highest BCUT2D eigenvalue weighted by Crippen LogP contribution is 2.41. The number of pyridine rings is 1. The van der Waals surface area contributed by atoms with Crippen molar-refractivity contribution in [2.75, 3.05) is 6.61 Å². The fourth-order valence-electron chi connectivity index (χ4n) is 4.21. The highest BCUT2D eigenvalue weighted by Gasteiger charge is 2.46. The average molecular weight is 447 g/mol. The molecule has 5 rings (SSSR count). The molecule has 0 saturated carbocycles. The number of aromatic nitrogens is 1. The van der Waals surface area contributed by atoms with Crippen LogP contribution in [0.25, 0.3) is 5.76 Å². The Morgan fingerprint density at radius 3 is 2.59 bits per heavy atom. The van der Waals surface area contributed by atoms with Gasteiger partial charge in [0.1, 0.15) is 11.5 Å². The smallest absolute Gasteiger partial charge is 0.295 e. The summed E-state index contributed by atoms with van der Waals surface area (Å²) in [5.74, 6) is -0.801. The highest BCUT2D eigenvalue weighted by molar-refractivity contribution is 6.46. The van der Waals surface area contributed by atoms with E-state index in [1.807, 2.05) is 6.07 Å². The summed E-state index contributed by atoms with van der Waals surface area (Å²) in [6, 6.07) is 15.1. The lowest BCUT2D eigenvalue weighted by Gasteiger charge is -2.25. The van der Waals surface area contributed by atoms with Gasteiger partial charge >= 0.3 is 0 Å². The van der Waals surface area contributed by atoms with Crippen LogP contribution in [0.15, 0.2) is 72.6 Å². The lowest BCUT2D eigenvalue weighted by Crippen LogP contribution is -2.29. The van der Waals surface area contributed by atoms with Crippen LogP contribution >= 0.6 is 11.6 Å². The van der Waals surface area contributed by atoms with Gasteiger partial charge in [0.2, 0.25) is 0 Å². The molecule has 1 fully saturated rings. The van der Waals surface area contributed by atoms with E-state index in [1.165, 1.54) is 4.90 Å². The number of fused-ring (bicyclic) bond motifs is 1. The Morgan fingerprint density at radius 1 is 1.09 bits per heavy atom. The second-order valence-corrected chi connectivity index (χ2v) is 8.19. The Bertz CT molecular complexity index is 1240. The van der Waals surface area contributed by atoms with Crippen molar-refractivity contribution >= 4 is 29.1 Å².